The van der Waals surface area contributed by atoms with Crippen molar-refractivity contribution in [3.63, 3.8) is 0 Å². The molecule has 0 aromatic heterocycles. The molecule has 130 valence electrons. The molecule has 2 heterocycles. The average molecular weight is 373 g/mol. The highest BCUT2D eigenvalue weighted by Gasteiger charge is 2.27. The Bertz CT molecular complexity index is 1010. The van der Waals surface area contributed by atoms with Crippen LogP contribution in [0.25, 0.3) is 6.08 Å². The van der Waals surface area contributed by atoms with E-state index in [1.54, 1.807) is 24.3 Å². The Labute approximate surface area is 151 Å². The normalized spacial score (nSPS) is 16.6. The lowest BCUT2D eigenvalue weighted by Gasteiger charge is -2.01. The molecule has 2 aromatic carbocycles. The first-order chi connectivity index (χ1) is 12.5. The van der Waals surface area contributed by atoms with Crippen LogP contribution in [0.5, 0.6) is 11.5 Å². The molecule has 4 rings (SSSR count). The van der Waals surface area contributed by atoms with E-state index in [9.17, 15) is 14.9 Å². The lowest BCUT2D eigenvalue weighted by atomic mass is 10.1. The van der Waals surface area contributed by atoms with Gasteiger partial charge < -0.3 is 14.2 Å². The van der Waals surface area contributed by atoms with Gasteiger partial charge in [-0.3, -0.25) is 10.1 Å². The molecule has 9 heteroatoms. The number of aliphatic imine (C=N–C) groups is 1. The van der Waals surface area contributed by atoms with Crippen LogP contribution in [0, 0.1) is 10.1 Å². The largest absolute Gasteiger partial charge is 0.454 e. The van der Waals surface area contributed by atoms with Gasteiger partial charge >= 0.3 is 5.97 Å². The standard InChI is InChI=1S/C17H9ClN2O6/c18-11-3-1-2-9(4-11)16-19-12(17(21)26-16)5-10-6-14-15(25-8-24-14)7-13(10)20(22)23/h1-7H,8H2/b12-5-. The van der Waals surface area contributed by atoms with Gasteiger partial charge in [-0.15, -0.1) is 0 Å². The maximum Gasteiger partial charge on any atom is 0.363 e. The van der Waals surface area contributed by atoms with Crippen LogP contribution in [0.2, 0.25) is 5.02 Å². The monoisotopic (exact) mass is 372 g/mol. The Kier molecular flexibility index (Phi) is 3.81. The molecule has 0 atom stereocenters. The fourth-order valence-corrected chi connectivity index (χ4v) is 2.71. The number of rotatable bonds is 3. The number of ether oxygens (including phenoxy) is 3. The van der Waals surface area contributed by atoms with Crippen molar-refractivity contribution >= 4 is 35.2 Å². The van der Waals surface area contributed by atoms with Gasteiger partial charge in [0.2, 0.25) is 12.7 Å². The van der Waals surface area contributed by atoms with Gasteiger partial charge in [0.25, 0.3) is 5.69 Å². The number of benzene rings is 2. The molecule has 2 aliphatic heterocycles. The second-order valence-electron chi connectivity index (χ2n) is 5.37. The van der Waals surface area contributed by atoms with Gasteiger partial charge in [0.15, 0.2) is 17.2 Å². The van der Waals surface area contributed by atoms with Crippen LogP contribution in [0.3, 0.4) is 0 Å². The molecule has 0 spiro atoms. The summed E-state index contributed by atoms with van der Waals surface area (Å²) in [5.74, 6) is -0.0112. The van der Waals surface area contributed by atoms with Crippen molar-refractivity contribution in [1.29, 1.82) is 0 Å². The van der Waals surface area contributed by atoms with Crippen molar-refractivity contribution in [3.05, 3.63) is 68.4 Å². The minimum atomic E-state index is -0.716. The van der Waals surface area contributed by atoms with E-state index in [2.05, 4.69) is 4.99 Å². The van der Waals surface area contributed by atoms with Crippen LogP contribution >= 0.6 is 11.6 Å². The number of fused-ring (bicyclic) bond motifs is 1. The summed E-state index contributed by atoms with van der Waals surface area (Å²) in [7, 11) is 0. The smallest absolute Gasteiger partial charge is 0.363 e. The van der Waals surface area contributed by atoms with Gasteiger partial charge in [0.1, 0.15) is 0 Å². The zero-order valence-electron chi connectivity index (χ0n) is 13.0. The second-order valence-corrected chi connectivity index (χ2v) is 5.80. The average Bonchev–Trinajstić information content (AvgIpc) is 3.20. The zero-order chi connectivity index (χ0) is 18.3. The van der Waals surface area contributed by atoms with E-state index in [4.69, 9.17) is 25.8 Å². The Hall–Kier alpha value is -3.39. The number of hydrogen-bond acceptors (Lipinski definition) is 7. The summed E-state index contributed by atoms with van der Waals surface area (Å²) in [5, 5.41) is 11.8. The molecule has 0 fully saturated rings. The second kappa shape index (κ2) is 6.16. The number of nitro groups is 1. The first-order valence-corrected chi connectivity index (χ1v) is 7.75. The molecule has 0 amide bonds. The number of cyclic esters (lactones) is 1. The summed E-state index contributed by atoms with van der Waals surface area (Å²) in [5.41, 5.74) is 0.375. The summed E-state index contributed by atoms with van der Waals surface area (Å²) in [4.78, 5) is 27.0. The highest BCUT2D eigenvalue weighted by atomic mass is 35.5. The van der Waals surface area contributed by atoms with Gasteiger partial charge in [0, 0.05) is 10.6 Å². The van der Waals surface area contributed by atoms with Gasteiger partial charge in [0.05, 0.1) is 16.6 Å². The van der Waals surface area contributed by atoms with E-state index >= 15 is 0 Å². The fourth-order valence-electron chi connectivity index (χ4n) is 2.52. The summed E-state index contributed by atoms with van der Waals surface area (Å²) >= 11 is 5.92. The Morgan fingerprint density at radius 3 is 2.69 bits per heavy atom. The highest BCUT2D eigenvalue weighted by molar-refractivity contribution is 6.31. The number of nitro benzene ring substituents is 1. The highest BCUT2D eigenvalue weighted by Crippen LogP contribution is 2.39. The number of hydrogen-bond donors (Lipinski definition) is 0. The predicted molar refractivity (Wildman–Crippen MR) is 91.3 cm³/mol. The van der Waals surface area contributed by atoms with Gasteiger partial charge in [-0.2, -0.15) is 0 Å². The minimum absolute atomic E-state index is 0.0222. The minimum Gasteiger partial charge on any atom is -0.454 e. The molecule has 0 bridgehead atoms. The first-order valence-electron chi connectivity index (χ1n) is 7.38. The molecule has 8 nitrogen and oxygen atoms in total. The third-order valence-corrected chi connectivity index (χ3v) is 3.94. The van der Waals surface area contributed by atoms with E-state index in [0.717, 1.165) is 0 Å². The quantitative estimate of drug-likeness (QED) is 0.354. The van der Waals surface area contributed by atoms with Crippen LogP contribution in [-0.4, -0.2) is 23.6 Å². The van der Waals surface area contributed by atoms with E-state index in [-0.39, 0.29) is 35.4 Å². The van der Waals surface area contributed by atoms with Crippen molar-refractivity contribution in [2.75, 3.05) is 6.79 Å². The molecule has 0 saturated heterocycles. The van der Waals surface area contributed by atoms with Gasteiger partial charge in [-0.25, -0.2) is 9.79 Å². The van der Waals surface area contributed by atoms with Crippen LogP contribution in [0.15, 0.2) is 47.1 Å². The van der Waals surface area contributed by atoms with Gasteiger partial charge in [-0.1, -0.05) is 17.7 Å². The third kappa shape index (κ3) is 2.86. The van der Waals surface area contributed by atoms with E-state index in [1.807, 2.05) is 0 Å². The molecule has 26 heavy (non-hydrogen) atoms. The van der Waals surface area contributed by atoms with Crippen LogP contribution < -0.4 is 9.47 Å². The lowest BCUT2D eigenvalue weighted by molar-refractivity contribution is -0.385. The number of carbonyl (C=O) groups excluding carboxylic acids is 1. The Morgan fingerprint density at radius 2 is 1.96 bits per heavy atom. The topological polar surface area (TPSA) is 100 Å². The van der Waals surface area contributed by atoms with Crippen LogP contribution in [-0.2, 0) is 9.53 Å². The molecule has 0 saturated carbocycles. The van der Waals surface area contributed by atoms with E-state index in [0.29, 0.717) is 16.3 Å². The molecule has 2 aliphatic rings. The van der Waals surface area contributed by atoms with Crippen molar-refractivity contribution in [1.82, 2.24) is 0 Å². The summed E-state index contributed by atoms with van der Waals surface area (Å²) in [6.45, 7) is -0.0222. The van der Waals surface area contributed by atoms with Gasteiger partial charge in [-0.05, 0) is 30.3 Å². The maximum atomic E-state index is 12.1. The number of carbonyl (C=O) groups is 1. The summed E-state index contributed by atoms with van der Waals surface area (Å²) < 4.78 is 15.5. The van der Waals surface area contributed by atoms with E-state index < -0.39 is 10.9 Å². The van der Waals surface area contributed by atoms with Crippen molar-refractivity contribution in [2.45, 2.75) is 0 Å². The van der Waals surface area contributed by atoms with Crippen molar-refractivity contribution in [3.8, 4) is 11.5 Å². The molecule has 0 unspecified atom stereocenters. The van der Waals surface area contributed by atoms with Crippen LogP contribution in [0.4, 0.5) is 5.69 Å². The zero-order valence-corrected chi connectivity index (χ0v) is 13.7. The first kappa shape index (κ1) is 16.1. The summed E-state index contributed by atoms with van der Waals surface area (Å²) in [6.07, 6.45) is 1.28. The molecule has 0 N–H and O–H groups in total. The number of halogens is 1. The SMILES string of the molecule is O=C1OC(c2cccc(Cl)c2)=N/C1=C\c1cc2c(cc1[N+](=O)[O-])OCO2. The number of nitrogens with zero attached hydrogens (tertiary/aromatic N) is 2. The Morgan fingerprint density at radius 1 is 1.19 bits per heavy atom. The fraction of sp³-hybridized carbons (Fsp3) is 0.0588. The van der Waals surface area contributed by atoms with Crippen LogP contribution in [0.1, 0.15) is 11.1 Å². The number of esters is 1. The summed E-state index contributed by atoms with van der Waals surface area (Å²) in [6, 6.07) is 9.32. The third-order valence-electron chi connectivity index (χ3n) is 3.70. The van der Waals surface area contributed by atoms with Crippen molar-refractivity contribution in [2.24, 2.45) is 4.99 Å². The molecular weight excluding hydrogens is 364 g/mol. The predicted octanol–water partition coefficient (Wildman–Crippen LogP) is 3.32. The van der Waals surface area contributed by atoms with E-state index in [1.165, 1.54) is 18.2 Å². The maximum absolute atomic E-state index is 12.1. The van der Waals surface area contributed by atoms with Crippen molar-refractivity contribution < 1.29 is 23.9 Å². The Balaban J connectivity index is 1.76. The molecule has 0 radical (unpaired) electrons. The molecule has 0 aliphatic carbocycles. The molecule has 2 aromatic rings. The molecular formula is C17H9ClN2O6. The lowest BCUT2D eigenvalue weighted by Crippen LogP contribution is -2.05.